The lowest BCUT2D eigenvalue weighted by molar-refractivity contribution is 0.922. The Bertz CT molecular complexity index is 613. The van der Waals surface area contributed by atoms with E-state index in [9.17, 15) is 0 Å². The van der Waals surface area contributed by atoms with Gasteiger partial charge in [-0.05, 0) is 12.0 Å². The Kier molecular flexibility index (Phi) is 2.75. The first-order chi connectivity index (χ1) is 8.17. The first-order valence-corrected chi connectivity index (χ1v) is 5.28. The van der Waals surface area contributed by atoms with Gasteiger partial charge >= 0.3 is 0 Å². The molecule has 6 nitrogen and oxygen atoms in total. The van der Waals surface area contributed by atoms with E-state index in [0.29, 0.717) is 16.6 Å². The number of nitrogen functional groups attached to an aromatic ring is 2. The Hall–Kier alpha value is -2.42. The van der Waals surface area contributed by atoms with Crippen molar-refractivity contribution in [2.45, 2.75) is 19.8 Å². The molecule has 0 aliphatic rings. The first kappa shape index (κ1) is 11.1. The molecule has 4 N–H and O–H groups in total. The topological polar surface area (TPSA) is 114 Å². The van der Waals surface area contributed by atoms with Crippen molar-refractivity contribution in [3.05, 3.63) is 17.3 Å². The number of aryl methyl sites for hydroxylation is 1. The summed E-state index contributed by atoms with van der Waals surface area (Å²) in [5.74, 6) is 0.371. The molecule has 0 aliphatic carbocycles. The maximum atomic E-state index is 9.05. The van der Waals surface area contributed by atoms with E-state index in [-0.39, 0.29) is 11.8 Å². The van der Waals surface area contributed by atoms with Crippen LogP contribution in [0, 0.1) is 11.3 Å². The van der Waals surface area contributed by atoms with Gasteiger partial charge in [-0.15, -0.1) is 0 Å². The minimum absolute atomic E-state index is 0.0923. The number of hydrogen-bond donors (Lipinski definition) is 2. The van der Waals surface area contributed by atoms with E-state index >= 15 is 0 Å². The molecule has 0 saturated carbocycles. The summed E-state index contributed by atoms with van der Waals surface area (Å²) in [6, 6.07) is 2.11. The van der Waals surface area contributed by atoms with Crippen LogP contribution in [0.3, 0.4) is 0 Å². The number of pyridine rings is 1. The Morgan fingerprint density at radius 1 is 1.35 bits per heavy atom. The molecular weight excluding hydrogens is 216 g/mol. The van der Waals surface area contributed by atoms with Crippen molar-refractivity contribution in [1.29, 1.82) is 5.26 Å². The highest BCUT2D eigenvalue weighted by atomic mass is 15.1. The molecule has 0 unspecified atom stereocenters. The van der Waals surface area contributed by atoms with Crippen LogP contribution in [-0.4, -0.2) is 15.0 Å². The molecule has 0 saturated heterocycles. The Morgan fingerprint density at radius 3 is 2.76 bits per heavy atom. The summed E-state index contributed by atoms with van der Waals surface area (Å²) in [5, 5.41) is 9.69. The monoisotopic (exact) mass is 228 g/mol. The summed E-state index contributed by atoms with van der Waals surface area (Å²) in [5.41, 5.74) is 13.1. The zero-order chi connectivity index (χ0) is 12.4. The molecule has 6 heteroatoms. The second kappa shape index (κ2) is 4.22. The lowest BCUT2D eigenvalue weighted by Gasteiger charge is -2.08. The van der Waals surface area contributed by atoms with Crippen molar-refractivity contribution < 1.29 is 0 Å². The molecule has 2 aromatic heterocycles. The van der Waals surface area contributed by atoms with Crippen LogP contribution < -0.4 is 11.5 Å². The van der Waals surface area contributed by atoms with Gasteiger partial charge in [-0.3, -0.25) is 0 Å². The van der Waals surface area contributed by atoms with Gasteiger partial charge in [0.2, 0.25) is 5.95 Å². The first-order valence-electron chi connectivity index (χ1n) is 5.28. The molecule has 0 bridgehead atoms. The van der Waals surface area contributed by atoms with Gasteiger partial charge in [0.15, 0.2) is 5.65 Å². The van der Waals surface area contributed by atoms with E-state index in [1.807, 2.05) is 6.92 Å². The molecule has 0 amide bonds. The van der Waals surface area contributed by atoms with E-state index in [1.54, 1.807) is 0 Å². The van der Waals surface area contributed by atoms with Crippen molar-refractivity contribution >= 4 is 22.8 Å². The number of anilines is 2. The number of nitriles is 1. The van der Waals surface area contributed by atoms with Crippen molar-refractivity contribution in [3.63, 3.8) is 0 Å². The number of aromatic nitrogens is 3. The van der Waals surface area contributed by atoms with Gasteiger partial charge in [-0.25, -0.2) is 4.98 Å². The zero-order valence-corrected chi connectivity index (χ0v) is 9.44. The van der Waals surface area contributed by atoms with Crippen molar-refractivity contribution in [3.8, 4) is 6.07 Å². The van der Waals surface area contributed by atoms with E-state index in [2.05, 4.69) is 21.0 Å². The smallest absolute Gasteiger partial charge is 0.224 e. The third kappa shape index (κ3) is 1.83. The van der Waals surface area contributed by atoms with E-state index in [0.717, 1.165) is 18.4 Å². The van der Waals surface area contributed by atoms with Crippen LogP contribution >= 0.6 is 0 Å². The molecule has 2 rings (SSSR count). The van der Waals surface area contributed by atoms with Gasteiger partial charge in [-0.2, -0.15) is 15.2 Å². The Balaban J connectivity index is 2.85. The quantitative estimate of drug-likeness (QED) is 0.792. The molecule has 0 atom stereocenters. The highest BCUT2D eigenvalue weighted by Crippen LogP contribution is 2.25. The summed E-state index contributed by atoms with van der Waals surface area (Å²) in [6.45, 7) is 2.03. The van der Waals surface area contributed by atoms with E-state index in [4.69, 9.17) is 16.7 Å². The average molecular weight is 228 g/mol. The second-order valence-corrected chi connectivity index (χ2v) is 3.68. The summed E-state index contributed by atoms with van der Waals surface area (Å²) in [4.78, 5) is 12.0. The van der Waals surface area contributed by atoms with Crippen LogP contribution in [0.2, 0.25) is 0 Å². The summed E-state index contributed by atoms with van der Waals surface area (Å²) >= 11 is 0. The standard InChI is InChI=1S/C11H12N6/c1-2-3-7-6(4-12)5-15-10-8(7)9(13)16-11(14)17-10/h5H,2-3H2,1H3,(H4,13,14,15,16,17). The highest BCUT2D eigenvalue weighted by molar-refractivity contribution is 5.90. The maximum absolute atomic E-state index is 9.05. The van der Waals surface area contributed by atoms with Crippen LogP contribution in [0.4, 0.5) is 11.8 Å². The molecule has 17 heavy (non-hydrogen) atoms. The van der Waals surface area contributed by atoms with Crippen LogP contribution in [-0.2, 0) is 6.42 Å². The molecule has 0 radical (unpaired) electrons. The van der Waals surface area contributed by atoms with Crippen LogP contribution in [0.5, 0.6) is 0 Å². The molecule has 0 fully saturated rings. The Labute approximate surface area is 98.3 Å². The zero-order valence-electron chi connectivity index (χ0n) is 9.44. The van der Waals surface area contributed by atoms with Gasteiger partial charge < -0.3 is 11.5 Å². The van der Waals surface area contributed by atoms with Crippen LogP contribution in [0.15, 0.2) is 6.20 Å². The minimum Gasteiger partial charge on any atom is -0.383 e. The van der Waals surface area contributed by atoms with Crippen molar-refractivity contribution in [2.24, 2.45) is 0 Å². The number of rotatable bonds is 2. The molecule has 86 valence electrons. The number of hydrogen-bond acceptors (Lipinski definition) is 6. The largest absolute Gasteiger partial charge is 0.383 e. The lowest BCUT2D eigenvalue weighted by atomic mass is 10.0. The van der Waals surface area contributed by atoms with E-state index in [1.165, 1.54) is 6.20 Å². The van der Waals surface area contributed by atoms with E-state index < -0.39 is 0 Å². The molecular formula is C11H12N6. The summed E-state index contributed by atoms with van der Waals surface area (Å²) < 4.78 is 0. The van der Waals surface area contributed by atoms with Crippen LogP contribution in [0.25, 0.3) is 11.0 Å². The lowest BCUT2D eigenvalue weighted by Crippen LogP contribution is -2.05. The normalized spacial score (nSPS) is 10.4. The molecule has 0 aromatic carbocycles. The fourth-order valence-corrected chi connectivity index (χ4v) is 1.81. The molecule has 2 aromatic rings. The Morgan fingerprint density at radius 2 is 2.12 bits per heavy atom. The predicted molar refractivity (Wildman–Crippen MR) is 64.9 cm³/mol. The van der Waals surface area contributed by atoms with Gasteiger partial charge in [0.25, 0.3) is 0 Å². The number of nitrogens with two attached hydrogens (primary N) is 2. The van der Waals surface area contributed by atoms with Crippen LogP contribution in [0.1, 0.15) is 24.5 Å². The molecule has 0 aliphatic heterocycles. The number of fused-ring (bicyclic) bond motifs is 1. The third-order valence-electron chi connectivity index (χ3n) is 2.50. The minimum atomic E-state index is 0.0923. The van der Waals surface area contributed by atoms with Gasteiger partial charge in [0.1, 0.15) is 11.9 Å². The second-order valence-electron chi connectivity index (χ2n) is 3.68. The summed E-state index contributed by atoms with van der Waals surface area (Å²) in [7, 11) is 0. The highest BCUT2D eigenvalue weighted by Gasteiger charge is 2.13. The summed E-state index contributed by atoms with van der Waals surface area (Å²) in [6.07, 6.45) is 3.14. The maximum Gasteiger partial charge on any atom is 0.224 e. The van der Waals surface area contributed by atoms with Gasteiger partial charge in [0, 0.05) is 6.20 Å². The SMILES string of the molecule is CCCc1c(C#N)cnc2nc(N)nc(N)c12. The van der Waals surface area contributed by atoms with Gasteiger partial charge in [-0.1, -0.05) is 13.3 Å². The number of nitrogens with zero attached hydrogens (tertiary/aromatic N) is 4. The van der Waals surface area contributed by atoms with Gasteiger partial charge in [0.05, 0.1) is 10.9 Å². The van der Waals surface area contributed by atoms with Crippen molar-refractivity contribution in [2.75, 3.05) is 11.5 Å². The third-order valence-corrected chi connectivity index (χ3v) is 2.50. The molecule has 2 heterocycles. The predicted octanol–water partition coefficient (Wildman–Crippen LogP) is 1.01. The van der Waals surface area contributed by atoms with Crippen molar-refractivity contribution in [1.82, 2.24) is 15.0 Å². The molecule has 0 spiro atoms. The fraction of sp³-hybridized carbons (Fsp3) is 0.273. The average Bonchev–Trinajstić information content (AvgIpc) is 2.29. The fourth-order valence-electron chi connectivity index (χ4n) is 1.81.